The molecule has 0 saturated carbocycles. The van der Waals surface area contributed by atoms with Crippen molar-refractivity contribution in [2.75, 3.05) is 26.3 Å². The van der Waals surface area contributed by atoms with Gasteiger partial charge in [-0.1, -0.05) is 0 Å². The van der Waals surface area contributed by atoms with E-state index < -0.39 is 23.6 Å². The molecule has 1 aromatic carbocycles. The maximum atomic E-state index is 13.4. The Hall–Kier alpha value is -3.10. The minimum absolute atomic E-state index is 0.0962. The number of hydrogen-bond donors (Lipinski definition) is 0. The number of rotatable bonds is 5. The lowest BCUT2D eigenvalue weighted by Crippen LogP contribution is -2.60. The molecule has 2 atom stereocenters. The Labute approximate surface area is 195 Å². The monoisotopic (exact) mass is 462 g/mol. The first kappa shape index (κ1) is 26.2. The van der Waals surface area contributed by atoms with Gasteiger partial charge >= 0.3 is 18.0 Å². The number of nitrogens with zero attached hydrogens (tertiary/aromatic N) is 2. The van der Waals surface area contributed by atoms with Gasteiger partial charge in [0.25, 0.3) is 5.91 Å². The normalized spacial score (nSPS) is 18.5. The van der Waals surface area contributed by atoms with E-state index in [1.54, 1.807) is 44.4 Å². The molecule has 182 valence electrons. The first-order valence-corrected chi connectivity index (χ1v) is 11.2. The number of piperazine rings is 1. The van der Waals surface area contributed by atoms with Gasteiger partial charge in [0.2, 0.25) is 0 Å². The zero-order chi connectivity index (χ0) is 24.9. The second-order valence-corrected chi connectivity index (χ2v) is 9.03. The van der Waals surface area contributed by atoms with Crippen LogP contribution in [0.4, 0.5) is 4.79 Å². The topological polar surface area (TPSA) is 102 Å². The number of benzene rings is 1. The zero-order valence-corrected chi connectivity index (χ0v) is 20.5. The summed E-state index contributed by atoms with van der Waals surface area (Å²) in [6.45, 7) is 13.3. The van der Waals surface area contributed by atoms with Gasteiger partial charge in [0, 0.05) is 30.7 Å². The van der Waals surface area contributed by atoms with Gasteiger partial charge in [-0.3, -0.25) is 4.79 Å². The van der Waals surface area contributed by atoms with Crippen LogP contribution in [-0.2, 0) is 14.2 Å². The molecule has 1 heterocycles. The fraction of sp³-hybridized carbons (Fsp3) is 0.583. The highest BCUT2D eigenvalue weighted by atomic mass is 16.6. The van der Waals surface area contributed by atoms with Gasteiger partial charge in [0.15, 0.2) is 0 Å². The van der Waals surface area contributed by atoms with Gasteiger partial charge in [-0.05, 0) is 66.7 Å². The molecule has 1 aliphatic rings. The van der Waals surface area contributed by atoms with E-state index in [4.69, 9.17) is 14.2 Å². The van der Waals surface area contributed by atoms with E-state index in [2.05, 4.69) is 0 Å². The average Bonchev–Trinajstić information content (AvgIpc) is 2.73. The van der Waals surface area contributed by atoms with Crippen molar-refractivity contribution in [3.63, 3.8) is 0 Å². The molecule has 0 unspecified atom stereocenters. The third kappa shape index (κ3) is 6.69. The molecule has 0 aromatic heterocycles. The summed E-state index contributed by atoms with van der Waals surface area (Å²) in [7, 11) is 0. The molecule has 0 radical (unpaired) electrons. The predicted octanol–water partition coefficient (Wildman–Crippen LogP) is 3.51. The summed E-state index contributed by atoms with van der Waals surface area (Å²) in [4.78, 5) is 53.9. The number of carbonyl (C=O) groups excluding carboxylic acids is 4. The molecule has 1 saturated heterocycles. The van der Waals surface area contributed by atoms with Crippen molar-refractivity contribution < 1.29 is 33.4 Å². The SMILES string of the molecule is CCOC(=O)c1cc(C(=O)OCC)cc(C(=O)N2C[C@@H](C)N(C(=O)OC(C)(C)C)C[C@@H]2C)c1. The van der Waals surface area contributed by atoms with Crippen LogP contribution in [0, 0.1) is 0 Å². The van der Waals surface area contributed by atoms with Crippen molar-refractivity contribution in [1.82, 2.24) is 9.80 Å². The van der Waals surface area contributed by atoms with E-state index >= 15 is 0 Å². The molecule has 1 aliphatic heterocycles. The fourth-order valence-electron chi connectivity index (χ4n) is 3.57. The van der Waals surface area contributed by atoms with Gasteiger partial charge in [-0.25, -0.2) is 14.4 Å². The van der Waals surface area contributed by atoms with Crippen molar-refractivity contribution in [1.29, 1.82) is 0 Å². The van der Waals surface area contributed by atoms with Crippen LogP contribution in [-0.4, -0.2) is 77.7 Å². The summed E-state index contributed by atoms with van der Waals surface area (Å²) in [5.41, 5.74) is -0.254. The first-order chi connectivity index (χ1) is 15.4. The molecular formula is C24H34N2O7. The van der Waals surface area contributed by atoms with Crippen molar-refractivity contribution >= 4 is 23.9 Å². The van der Waals surface area contributed by atoms with E-state index in [-0.39, 0.29) is 54.4 Å². The van der Waals surface area contributed by atoms with Crippen LogP contribution in [0.2, 0.25) is 0 Å². The van der Waals surface area contributed by atoms with Gasteiger partial charge < -0.3 is 24.0 Å². The van der Waals surface area contributed by atoms with Crippen LogP contribution < -0.4 is 0 Å². The summed E-state index contributed by atoms with van der Waals surface area (Å²) >= 11 is 0. The molecule has 2 amide bonds. The Morgan fingerprint density at radius 2 is 1.24 bits per heavy atom. The molecule has 0 aliphatic carbocycles. The number of esters is 2. The van der Waals surface area contributed by atoms with Gasteiger partial charge in [-0.2, -0.15) is 0 Å². The van der Waals surface area contributed by atoms with Gasteiger partial charge in [-0.15, -0.1) is 0 Å². The van der Waals surface area contributed by atoms with Crippen molar-refractivity contribution in [3.8, 4) is 0 Å². The molecule has 0 N–H and O–H groups in total. The summed E-state index contributed by atoms with van der Waals surface area (Å²) in [5.74, 6) is -1.61. The second kappa shape index (κ2) is 10.7. The molecule has 1 aromatic rings. The maximum absolute atomic E-state index is 13.4. The smallest absolute Gasteiger partial charge is 0.410 e. The summed E-state index contributed by atoms with van der Waals surface area (Å²) in [6.07, 6.45) is -0.428. The lowest BCUT2D eigenvalue weighted by Gasteiger charge is -2.44. The molecule has 9 nitrogen and oxygen atoms in total. The highest BCUT2D eigenvalue weighted by molar-refractivity contribution is 6.02. The summed E-state index contributed by atoms with van der Waals surface area (Å²) in [5, 5.41) is 0. The maximum Gasteiger partial charge on any atom is 0.410 e. The molecule has 9 heteroatoms. The van der Waals surface area contributed by atoms with Crippen LogP contribution in [0.1, 0.15) is 79.5 Å². The minimum atomic E-state index is -0.631. The van der Waals surface area contributed by atoms with E-state index in [1.807, 2.05) is 13.8 Å². The van der Waals surface area contributed by atoms with E-state index in [9.17, 15) is 19.2 Å². The van der Waals surface area contributed by atoms with Crippen LogP contribution in [0.15, 0.2) is 18.2 Å². The summed E-state index contributed by atoms with van der Waals surface area (Å²) in [6, 6.07) is 3.61. The number of ether oxygens (including phenoxy) is 3. The molecule has 0 bridgehead atoms. The third-order valence-corrected chi connectivity index (χ3v) is 5.08. The highest BCUT2D eigenvalue weighted by Crippen LogP contribution is 2.22. The van der Waals surface area contributed by atoms with Gasteiger partial charge in [0.05, 0.1) is 24.3 Å². The number of amides is 2. The second-order valence-electron chi connectivity index (χ2n) is 9.03. The van der Waals surface area contributed by atoms with Gasteiger partial charge in [0.1, 0.15) is 5.60 Å². The highest BCUT2D eigenvalue weighted by Gasteiger charge is 2.37. The Morgan fingerprint density at radius 3 is 1.70 bits per heavy atom. The molecule has 33 heavy (non-hydrogen) atoms. The van der Waals surface area contributed by atoms with Crippen LogP contribution in [0.5, 0.6) is 0 Å². The van der Waals surface area contributed by atoms with E-state index in [1.165, 1.54) is 18.2 Å². The van der Waals surface area contributed by atoms with Crippen LogP contribution >= 0.6 is 0 Å². The fourth-order valence-corrected chi connectivity index (χ4v) is 3.57. The Morgan fingerprint density at radius 1 is 0.818 bits per heavy atom. The average molecular weight is 463 g/mol. The molecule has 2 rings (SSSR count). The van der Waals surface area contributed by atoms with Crippen molar-refractivity contribution in [2.24, 2.45) is 0 Å². The number of hydrogen-bond acceptors (Lipinski definition) is 7. The largest absolute Gasteiger partial charge is 0.462 e. The lowest BCUT2D eigenvalue weighted by molar-refractivity contribution is -0.00791. The van der Waals surface area contributed by atoms with E-state index in [0.717, 1.165) is 0 Å². The lowest BCUT2D eigenvalue weighted by atomic mass is 10.0. The Kier molecular flexibility index (Phi) is 8.46. The first-order valence-electron chi connectivity index (χ1n) is 11.2. The van der Waals surface area contributed by atoms with Crippen molar-refractivity contribution in [3.05, 3.63) is 34.9 Å². The Balaban J connectivity index is 2.31. The summed E-state index contributed by atoms with van der Waals surface area (Å²) < 4.78 is 15.6. The Bertz CT molecular complexity index is 870. The molecule has 0 spiro atoms. The minimum Gasteiger partial charge on any atom is -0.462 e. The number of carbonyl (C=O) groups is 4. The molecular weight excluding hydrogens is 428 g/mol. The third-order valence-electron chi connectivity index (χ3n) is 5.08. The van der Waals surface area contributed by atoms with Crippen LogP contribution in [0.3, 0.4) is 0 Å². The van der Waals surface area contributed by atoms with Crippen LogP contribution in [0.25, 0.3) is 0 Å². The molecule has 1 fully saturated rings. The standard InChI is InChI=1S/C24H34N2O7/c1-8-31-21(28)18-10-17(11-19(12-18)22(29)32-9-2)20(27)25-13-16(4)26(14-15(25)3)23(30)33-24(5,6)7/h10-12,15-16H,8-9,13-14H2,1-7H3/t15-,16+/m0/s1. The zero-order valence-electron chi connectivity index (χ0n) is 20.5. The van der Waals surface area contributed by atoms with E-state index in [0.29, 0.717) is 6.54 Å². The predicted molar refractivity (Wildman–Crippen MR) is 121 cm³/mol. The van der Waals surface area contributed by atoms with Crippen molar-refractivity contribution in [2.45, 2.75) is 66.2 Å². The quantitative estimate of drug-likeness (QED) is 0.487.